The van der Waals surface area contributed by atoms with Gasteiger partial charge in [-0.2, -0.15) is 4.98 Å². The second-order valence-electron chi connectivity index (χ2n) is 5.35. The number of anilines is 2. The summed E-state index contributed by atoms with van der Waals surface area (Å²) in [5.41, 5.74) is 12.4. The van der Waals surface area contributed by atoms with Crippen LogP contribution in [0.2, 0.25) is 0 Å². The van der Waals surface area contributed by atoms with Crippen LogP contribution in [0.25, 0.3) is 0 Å². The smallest absolute Gasteiger partial charge is 0.222 e. The number of hydrogen-bond acceptors (Lipinski definition) is 7. The van der Waals surface area contributed by atoms with Crippen LogP contribution in [-0.2, 0) is 0 Å². The number of rotatable bonds is 7. The van der Waals surface area contributed by atoms with E-state index in [1.165, 1.54) is 6.20 Å². The Bertz CT molecular complexity index is 737. The lowest BCUT2D eigenvalue weighted by atomic mass is 10.0. The van der Waals surface area contributed by atoms with E-state index >= 15 is 0 Å². The number of hydrogen-bond donors (Lipinski definition) is 2. The molecule has 0 atom stereocenters. The molecule has 0 saturated carbocycles. The summed E-state index contributed by atoms with van der Waals surface area (Å²) in [5.74, 6) is 2.38. The Labute approximate surface area is 154 Å². The summed E-state index contributed by atoms with van der Waals surface area (Å²) in [4.78, 5) is 11.6. The van der Waals surface area contributed by atoms with Crippen LogP contribution in [0.5, 0.6) is 17.2 Å². The third-order valence-corrected chi connectivity index (χ3v) is 4.06. The third kappa shape index (κ3) is 4.47. The van der Waals surface area contributed by atoms with Crippen LogP contribution in [0.4, 0.5) is 11.8 Å². The summed E-state index contributed by atoms with van der Waals surface area (Å²) in [6.45, 7) is 8.63. The average molecular weight is 441 g/mol. The second kappa shape index (κ2) is 8.13. The fraction of sp³-hybridized carbons (Fsp3) is 0.312. The van der Waals surface area contributed by atoms with E-state index in [0.29, 0.717) is 24.7 Å². The molecule has 4 N–H and O–H groups in total. The summed E-state index contributed by atoms with van der Waals surface area (Å²) in [7, 11) is 0. The van der Waals surface area contributed by atoms with Gasteiger partial charge in [0.25, 0.3) is 0 Å². The number of nitrogens with zero attached hydrogens (tertiary/aromatic N) is 3. The number of nitrogens with two attached hydrogens (primary N) is 2. The van der Waals surface area contributed by atoms with Crippen molar-refractivity contribution in [2.75, 3.05) is 24.6 Å². The molecule has 0 aliphatic carbocycles. The van der Waals surface area contributed by atoms with Crippen molar-refractivity contribution in [1.82, 2.24) is 9.97 Å². The molecule has 0 bridgehead atoms. The van der Waals surface area contributed by atoms with E-state index < -0.39 is 0 Å². The van der Waals surface area contributed by atoms with Crippen LogP contribution in [0.15, 0.2) is 23.3 Å². The third-order valence-electron chi connectivity index (χ3n) is 3.21. The van der Waals surface area contributed by atoms with Gasteiger partial charge in [0.2, 0.25) is 5.95 Å². The quantitative estimate of drug-likeness (QED) is 0.388. The van der Waals surface area contributed by atoms with Gasteiger partial charge in [-0.25, -0.2) is 4.98 Å². The molecule has 128 valence electrons. The predicted octanol–water partition coefficient (Wildman–Crippen LogP) is 3.24. The molecular formula is C16H20IN5O2. The monoisotopic (exact) mass is 441 g/mol. The Kier molecular flexibility index (Phi) is 6.18. The summed E-state index contributed by atoms with van der Waals surface area (Å²) in [6, 6.07) is 3.88. The molecule has 1 heterocycles. The minimum atomic E-state index is 0.109. The van der Waals surface area contributed by atoms with Crippen LogP contribution in [-0.4, -0.2) is 29.8 Å². The summed E-state index contributed by atoms with van der Waals surface area (Å²) >= 11 is 2.20. The number of ether oxygens (including phenoxy) is 2. The number of benzene rings is 1. The highest BCUT2D eigenvalue weighted by Crippen LogP contribution is 2.37. The maximum atomic E-state index is 5.92. The van der Waals surface area contributed by atoms with Crippen molar-refractivity contribution in [1.29, 1.82) is 0 Å². The molecule has 0 amide bonds. The molecule has 0 fully saturated rings. The highest BCUT2D eigenvalue weighted by Gasteiger charge is 2.16. The molecule has 2 aromatic rings. The van der Waals surface area contributed by atoms with Gasteiger partial charge in [0, 0.05) is 5.56 Å². The lowest BCUT2D eigenvalue weighted by Gasteiger charge is -2.17. The molecule has 0 saturated heterocycles. The topological polar surface area (TPSA) is 109 Å². The molecule has 1 aromatic heterocycles. The minimum Gasteiger partial charge on any atom is -0.491 e. The minimum absolute atomic E-state index is 0.109. The van der Waals surface area contributed by atoms with Gasteiger partial charge in [-0.15, -0.1) is 0 Å². The van der Waals surface area contributed by atoms with Crippen molar-refractivity contribution in [3.8, 4) is 17.2 Å². The van der Waals surface area contributed by atoms with E-state index in [9.17, 15) is 0 Å². The Hall–Kier alpha value is -2.10. The van der Waals surface area contributed by atoms with E-state index in [1.54, 1.807) is 0 Å². The van der Waals surface area contributed by atoms with Crippen LogP contribution >= 0.6 is 22.6 Å². The van der Waals surface area contributed by atoms with Crippen molar-refractivity contribution in [2.45, 2.75) is 19.8 Å². The van der Waals surface area contributed by atoms with Gasteiger partial charge in [0.05, 0.1) is 16.3 Å². The molecule has 8 heteroatoms. The molecule has 1 aromatic carbocycles. The number of nitrogen functional groups attached to an aromatic ring is 2. The first-order valence-electron chi connectivity index (χ1n) is 7.37. The van der Waals surface area contributed by atoms with Crippen molar-refractivity contribution >= 4 is 41.1 Å². The van der Waals surface area contributed by atoms with Gasteiger partial charge in [-0.1, -0.05) is 13.8 Å². The lowest BCUT2D eigenvalue weighted by Crippen LogP contribution is -2.05. The predicted molar refractivity (Wildman–Crippen MR) is 104 cm³/mol. The fourth-order valence-corrected chi connectivity index (χ4v) is 2.61. The molecule has 0 spiro atoms. The molecule has 0 unspecified atom stereocenters. The highest BCUT2D eigenvalue weighted by molar-refractivity contribution is 14.1. The lowest BCUT2D eigenvalue weighted by molar-refractivity contribution is 0.325. The molecule has 7 nitrogen and oxygen atoms in total. The average Bonchev–Trinajstić information content (AvgIpc) is 2.52. The molecule has 0 aliphatic rings. The van der Waals surface area contributed by atoms with E-state index in [-0.39, 0.29) is 17.7 Å². The molecule has 0 aliphatic heterocycles. The van der Waals surface area contributed by atoms with Gasteiger partial charge in [-0.05, 0) is 47.4 Å². The standard InChI is InChI=1S/C16H20IN5O2/c1-9(2)10-6-13(23-5-4-20-3)11(17)7-12(10)24-14-8-21-16(19)22-15(14)18/h6-9H,3-5H2,1-2H3,(H4,18,19,21,22). The Morgan fingerprint density at radius 2 is 2.00 bits per heavy atom. The summed E-state index contributed by atoms with van der Waals surface area (Å²) in [6.07, 6.45) is 1.47. The zero-order valence-electron chi connectivity index (χ0n) is 13.6. The van der Waals surface area contributed by atoms with Crippen LogP contribution in [0.3, 0.4) is 0 Å². The maximum absolute atomic E-state index is 5.92. The van der Waals surface area contributed by atoms with Gasteiger partial charge in [-0.3, -0.25) is 4.99 Å². The van der Waals surface area contributed by atoms with E-state index in [1.807, 2.05) is 12.1 Å². The number of halogens is 1. The van der Waals surface area contributed by atoms with Gasteiger partial charge in [0.1, 0.15) is 18.1 Å². The van der Waals surface area contributed by atoms with Crippen LogP contribution in [0.1, 0.15) is 25.3 Å². The van der Waals surface area contributed by atoms with Crippen molar-refractivity contribution in [2.24, 2.45) is 4.99 Å². The largest absolute Gasteiger partial charge is 0.491 e. The fourth-order valence-electron chi connectivity index (χ4n) is 2.02. The summed E-state index contributed by atoms with van der Waals surface area (Å²) in [5, 5.41) is 0. The summed E-state index contributed by atoms with van der Waals surface area (Å²) < 4.78 is 12.6. The van der Waals surface area contributed by atoms with Gasteiger partial charge >= 0.3 is 0 Å². The van der Waals surface area contributed by atoms with Crippen molar-refractivity contribution in [3.63, 3.8) is 0 Å². The van der Waals surface area contributed by atoms with Crippen LogP contribution < -0.4 is 20.9 Å². The normalized spacial score (nSPS) is 10.7. The van der Waals surface area contributed by atoms with Crippen molar-refractivity contribution < 1.29 is 9.47 Å². The van der Waals surface area contributed by atoms with E-state index in [4.69, 9.17) is 20.9 Å². The van der Waals surface area contributed by atoms with Crippen LogP contribution in [0, 0.1) is 3.57 Å². The van der Waals surface area contributed by atoms with E-state index in [0.717, 1.165) is 14.9 Å². The van der Waals surface area contributed by atoms with Crippen molar-refractivity contribution in [3.05, 3.63) is 27.5 Å². The molecule has 24 heavy (non-hydrogen) atoms. The molecule has 2 rings (SSSR count). The first-order chi connectivity index (χ1) is 11.4. The van der Waals surface area contributed by atoms with E-state index in [2.05, 4.69) is 58.1 Å². The SMILES string of the molecule is C=NCCOc1cc(C(C)C)c(Oc2cnc(N)nc2N)cc1I. The molecular weight excluding hydrogens is 421 g/mol. The molecule has 0 radical (unpaired) electrons. The zero-order chi connectivity index (χ0) is 17.7. The van der Waals surface area contributed by atoms with Gasteiger partial charge in [0.15, 0.2) is 11.6 Å². The van der Waals surface area contributed by atoms with Gasteiger partial charge < -0.3 is 20.9 Å². The first-order valence-corrected chi connectivity index (χ1v) is 8.44. The maximum Gasteiger partial charge on any atom is 0.222 e. The number of aromatic nitrogens is 2. The first kappa shape index (κ1) is 18.2. The Morgan fingerprint density at radius 3 is 2.62 bits per heavy atom. The Balaban J connectivity index is 2.34. The zero-order valence-corrected chi connectivity index (χ0v) is 15.8. The second-order valence-corrected chi connectivity index (χ2v) is 6.51. The highest BCUT2D eigenvalue weighted by atomic mass is 127. The number of aliphatic imine (C=N–C) groups is 1. The Morgan fingerprint density at radius 1 is 1.25 bits per heavy atom.